The second-order valence-corrected chi connectivity index (χ2v) is 4.59. The van der Waals surface area contributed by atoms with Crippen LogP contribution in [0.25, 0.3) is 0 Å². The molecule has 0 unspecified atom stereocenters. The number of hydrogen-bond acceptors (Lipinski definition) is 3. The van der Waals surface area contributed by atoms with Gasteiger partial charge in [-0.3, -0.25) is 4.79 Å². The summed E-state index contributed by atoms with van der Waals surface area (Å²) in [7, 11) is 0. The zero-order valence-electron chi connectivity index (χ0n) is 10.0. The van der Waals surface area contributed by atoms with E-state index in [1.165, 1.54) is 0 Å². The number of nitrogens with one attached hydrogen (secondary N) is 1. The van der Waals surface area contributed by atoms with Gasteiger partial charge in [-0.2, -0.15) is 0 Å². The molecule has 92 valence electrons. The quantitative estimate of drug-likeness (QED) is 0.656. The van der Waals surface area contributed by atoms with E-state index in [1.54, 1.807) is 30.0 Å². The minimum atomic E-state index is -0.141. The highest BCUT2D eigenvalue weighted by Crippen LogP contribution is 2.22. The highest BCUT2D eigenvalue weighted by molar-refractivity contribution is 7.98. The summed E-state index contributed by atoms with van der Waals surface area (Å²) >= 11 is 1.55. The van der Waals surface area contributed by atoms with Gasteiger partial charge in [-0.15, -0.1) is 11.8 Å². The molecule has 0 saturated heterocycles. The largest absolute Gasteiger partial charge is 0.397 e. The van der Waals surface area contributed by atoms with E-state index in [4.69, 9.17) is 5.73 Å². The molecule has 0 aromatic heterocycles. The molecule has 0 saturated carbocycles. The van der Waals surface area contributed by atoms with Crippen molar-refractivity contribution in [3.63, 3.8) is 0 Å². The molecule has 0 aliphatic heterocycles. The van der Waals surface area contributed by atoms with Gasteiger partial charge in [0.15, 0.2) is 0 Å². The summed E-state index contributed by atoms with van der Waals surface area (Å²) in [6, 6.07) is 14.7. The summed E-state index contributed by atoms with van der Waals surface area (Å²) in [4.78, 5) is 13.1. The number of para-hydroxylation sites is 2. The zero-order valence-corrected chi connectivity index (χ0v) is 10.8. The van der Waals surface area contributed by atoms with E-state index in [0.29, 0.717) is 16.9 Å². The molecule has 2 rings (SSSR count). The number of carbonyl (C=O) groups excluding carboxylic acids is 1. The van der Waals surface area contributed by atoms with Gasteiger partial charge in [-0.05, 0) is 30.5 Å². The van der Waals surface area contributed by atoms with E-state index in [1.807, 2.05) is 36.6 Å². The van der Waals surface area contributed by atoms with Crippen LogP contribution >= 0.6 is 11.8 Å². The van der Waals surface area contributed by atoms with Crippen LogP contribution in [0.4, 0.5) is 11.4 Å². The number of hydrogen-bond donors (Lipinski definition) is 2. The minimum Gasteiger partial charge on any atom is -0.397 e. The second-order valence-electron chi connectivity index (χ2n) is 3.74. The lowest BCUT2D eigenvalue weighted by Crippen LogP contribution is -2.14. The van der Waals surface area contributed by atoms with Crippen molar-refractivity contribution in [3.8, 4) is 0 Å². The Balaban J connectivity index is 2.25. The summed E-state index contributed by atoms with van der Waals surface area (Å²) in [5.74, 6) is -0.141. The molecule has 0 atom stereocenters. The van der Waals surface area contributed by atoms with E-state index >= 15 is 0 Å². The first-order valence-electron chi connectivity index (χ1n) is 5.51. The molecule has 0 aliphatic carbocycles. The molecule has 0 fully saturated rings. The standard InChI is InChI=1S/C14H14N2OS/c1-18-13-9-5-2-6-10(13)14(17)16-12-8-4-3-7-11(12)15/h2-9H,15H2,1H3,(H,16,17). The van der Waals surface area contributed by atoms with Crippen LogP contribution in [0, 0.1) is 0 Å². The van der Waals surface area contributed by atoms with Crippen LogP contribution in [0.5, 0.6) is 0 Å². The molecule has 0 bridgehead atoms. The summed E-state index contributed by atoms with van der Waals surface area (Å²) in [6.07, 6.45) is 1.95. The molecule has 2 aromatic rings. The first kappa shape index (κ1) is 12.5. The predicted molar refractivity (Wildman–Crippen MR) is 77.0 cm³/mol. The smallest absolute Gasteiger partial charge is 0.256 e. The van der Waals surface area contributed by atoms with Crippen molar-refractivity contribution in [1.29, 1.82) is 0 Å². The van der Waals surface area contributed by atoms with E-state index in [2.05, 4.69) is 5.32 Å². The fourth-order valence-corrected chi connectivity index (χ4v) is 2.23. The van der Waals surface area contributed by atoms with Gasteiger partial charge in [0.25, 0.3) is 5.91 Å². The maximum atomic E-state index is 12.2. The number of nitrogen functional groups attached to an aromatic ring is 1. The highest BCUT2D eigenvalue weighted by atomic mass is 32.2. The number of amides is 1. The third-order valence-corrected chi connectivity index (χ3v) is 3.36. The molecular weight excluding hydrogens is 244 g/mol. The van der Waals surface area contributed by atoms with Crippen molar-refractivity contribution in [3.05, 3.63) is 54.1 Å². The average molecular weight is 258 g/mol. The number of benzene rings is 2. The van der Waals surface area contributed by atoms with Gasteiger partial charge in [-0.1, -0.05) is 24.3 Å². The average Bonchev–Trinajstić information content (AvgIpc) is 2.41. The lowest BCUT2D eigenvalue weighted by Gasteiger charge is -2.10. The Hall–Kier alpha value is -1.94. The third-order valence-electron chi connectivity index (χ3n) is 2.56. The number of thioether (sulfide) groups is 1. The molecular formula is C14H14N2OS. The number of carbonyl (C=O) groups is 1. The van der Waals surface area contributed by atoms with Gasteiger partial charge in [0.1, 0.15) is 0 Å². The fourth-order valence-electron chi connectivity index (χ4n) is 1.63. The van der Waals surface area contributed by atoms with Crippen LogP contribution in [0.1, 0.15) is 10.4 Å². The van der Waals surface area contributed by atoms with Gasteiger partial charge >= 0.3 is 0 Å². The monoisotopic (exact) mass is 258 g/mol. The molecule has 3 N–H and O–H groups in total. The van der Waals surface area contributed by atoms with Crippen LogP contribution in [0.15, 0.2) is 53.4 Å². The Morgan fingerprint density at radius 3 is 2.50 bits per heavy atom. The van der Waals surface area contributed by atoms with Crippen LogP contribution in [-0.2, 0) is 0 Å². The molecule has 1 amide bonds. The number of anilines is 2. The second kappa shape index (κ2) is 5.60. The van der Waals surface area contributed by atoms with Crippen LogP contribution in [-0.4, -0.2) is 12.2 Å². The molecule has 0 aliphatic rings. The van der Waals surface area contributed by atoms with Gasteiger partial charge in [0.05, 0.1) is 16.9 Å². The van der Waals surface area contributed by atoms with E-state index in [0.717, 1.165) is 4.90 Å². The van der Waals surface area contributed by atoms with Crippen LogP contribution in [0.3, 0.4) is 0 Å². The number of rotatable bonds is 3. The molecule has 0 radical (unpaired) electrons. The first-order valence-corrected chi connectivity index (χ1v) is 6.73. The van der Waals surface area contributed by atoms with Gasteiger partial charge in [0.2, 0.25) is 0 Å². The lowest BCUT2D eigenvalue weighted by molar-refractivity contribution is 0.102. The molecule has 0 heterocycles. The van der Waals surface area contributed by atoms with E-state index < -0.39 is 0 Å². The van der Waals surface area contributed by atoms with Crippen molar-refractivity contribution in [2.24, 2.45) is 0 Å². The number of nitrogens with two attached hydrogens (primary N) is 1. The summed E-state index contributed by atoms with van der Waals surface area (Å²) in [5.41, 5.74) is 7.66. The maximum Gasteiger partial charge on any atom is 0.256 e. The molecule has 18 heavy (non-hydrogen) atoms. The Kier molecular flexibility index (Phi) is 3.89. The maximum absolute atomic E-state index is 12.2. The molecule has 4 heteroatoms. The van der Waals surface area contributed by atoms with Crippen LogP contribution < -0.4 is 11.1 Å². The minimum absolute atomic E-state index is 0.141. The SMILES string of the molecule is CSc1ccccc1C(=O)Nc1ccccc1N. The molecule has 0 spiro atoms. The van der Waals surface area contributed by atoms with Crippen molar-refractivity contribution >= 4 is 29.0 Å². The normalized spacial score (nSPS) is 10.1. The topological polar surface area (TPSA) is 55.1 Å². The Morgan fingerprint density at radius 1 is 1.11 bits per heavy atom. The first-order chi connectivity index (χ1) is 8.72. The predicted octanol–water partition coefficient (Wildman–Crippen LogP) is 3.24. The zero-order chi connectivity index (χ0) is 13.0. The van der Waals surface area contributed by atoms with Crippen molar-refractivity contribution in [2.45, 2.75) is 4.90 Å². The summed E-state index contributed by atoms with van der Waals surface area (Å²) < 4.78 is 0. The van der Waals surface area contributed by atoms with Crippen molar-refractivity contribution in [1.82, 2.24) is 0 Å². The van der Waals surface area contributed by atoms with Gasteiger partial charge in [0, 0.05) is 4.90 Å². The molecule has 3 nitrogen and oxygen atoms in total. The Morgan fingerprint density at radius 2 is 1.78 bits per heavy atom. The van der Waals surface area contributed by atoms with Gasteiger partial charge < -0.3 is 11.1 Å². The lowest BCUT2D eigenvalue weighted by atomic mass is 10.2. The van der Waals surface area contributed by atoms with Crippen LogP contribution in [0.2, 0.25) is 0 Å². The third kappa shape index (κ3) is 2.65. The Bertz CT molecular complexity index is 569. The van der Waals surface area contributed by atoms with Crippen molar-refractivity contribution in [2.75, 3.05) is 17.3 Å². The molecule has 2 aromatic carbocycles. The van der Waals surface area contributed by atoms with E-state index in [9.17, 15) is 4.79 Å². The summed E-state index contributed by atoms with van der Waals surface area (Å²) in [6.45, 7) is 0. The Labute approximate surface area is 110 Å². The summed E-state index contributed by atoms with van der Waals surface area (Å²) in [5, 5.41) is 2.82. The van der Waals surface area contributed by atoms with Crippen molar-refractivity contribution < 1.29 is 4.79 Å². The van der Waals surface area contributed by atoms with Gasteiger partial charge in [-0.25, -0.2) is 0 Å². The highest BCUT2D eigenvalue weighted by Gasteiger charge is 2.11. The van der Waals surface area contributed by atoms with E-state index in [-0.39, 0.29) is 5.91 Å². The fraction of sp³-hybridized carbons (Fsp3) is 0.0714.